The second-order valence-electron chi connectivity index (χ2n) is 3.48. The molecule has 0 fully saturated rings. The fraction of sp³-hybridized carbons (Fsp3) is 0.333. The first-order valence-electron chi connectivity index (χ1n) is 4.63. The molecule has 0 bridgehead atoms. The van der Waals surface area contributed by atoms with Crippen molar-refractivity contribution in [2.45, 2.75) is 6.04 Å². The van der Waals surface area contributed by atoms with E-state index in [0.717, 1.165) is 11.3 Å². The Hall–Kier alpha value is -1.66. The van der Waals surface area contributed by atoms with Crippen LogP contribution < -0.4 is 11.3 Å². The van der Waals surface area contributed by atoms with Crippen LogP contribution in [0.2, 0.25) is 0 Å². The molecule has 2 heterocycles. The van der Waals surface area contributed by atoms with E-state index in [-0.39, 0.29) is 6.04 Å². The van der Waals surface area contributed by atoms with Crippen LogP contribution >= 0.6 is 0 Å². The van der Waals surface area contributed by atoms with Gasteiger partial charge in [-0.1, -0.05) is 0 Å². The maximum atomic E-state index is 5.55. The molecular weight excluding hydrogens is 192 g/mol. The standard InChI is InChI=1S/C9H14N6/c1-14-6-11-4-8(14)9(13-10)7-3-12-15(2)5-7/h3-6,9,13H,10H2,1-2H3. The molecule has 0 aliphatic carbocycles. The highest BCUT2D eigenvalue weighted by Crippen LogP contribution is 2.19. The molecule has 0 aliphatic rings. The molecule has 0 saturated carbocycles. The Morgan fingerprint density at radius 1 is 1.40 bits per heavy atom. The zero-order valence-corrected chi connectivity index (χ0v) is 8.75. The van der Waals surface area contributed by atoms with Crippen molar-refractivity contribution in [1.82, 2.24) is 24.8 Å². The predicted molar refractivity (Wildman–Crippen MR) is 55.6 cm³/mol. The summed E-state index contributed by atoms with van der Waals surface area (Å²) in [5, 5.41) is 4.12. The second kappa shape index (κ2) is 3.84. The first kappa shape index (κ1) is 9.88. The molecule has 1 atom stereocenters. The van der Waals surface area contributed by atoms with Gasteiger partial charge in [0, 0.05) is 25.9 Å². The maximum absolute atomic E-state index is 5.55. The number of aromatic nitrogens is 4. The summed E-state index contributed by atoms with van der Waals surface area (Å²) >= 11 is 0. The lowest BCUT2D eigenvalue weighted by Crippen LogP contribution is -2.29. The van der Waals surface area contributed by atoms with Gasteiger partial charge in [-0.25, -0.2) is 10.4 Å². The van der Waals surface area contributed by atoms with Gasteiger partial charge in [-0.15, -0.1) is 0 Å². The van der Waals surface area contributed by atoms with Crippen LogP contribution in [0, 0.1) is 0 Å². The van der Waals surface area contributed by atoms with E-state index >= 15 is 0 Å². The average Bonchev–Trinajstić information content (AvgIpc) is 2.79. The van der Waals surface area contributed by atoms with Gasteiger partial charge in [0.1, 0.15) is 0 Å². The predicted octanol–water partition coefficient (Wildman–Crippen LogP) is -0.294. The molecule has 3 N–H and O–H groups in total. The number of rotatable bonds is 3. The van der Waals surface area contributed by atoms with Crippen LogP contribution in [-0.2, 0) is 14.1 Å². The maximum Gasteiger partial charge on any atom is 0.0946 e. The quantitative estimate of drug-likeness (QED) is 0.534. The molecule has 0 saturated heterocycles. The Morgan fingerprint density at radius 3 is 2.67 bits per heavy atom. The van der Waals surface area contributed by atoms with Crippen molar-refractivity contribution in [3.05, 3.63) is 36.2 Å². The van der Waals surface area contributed by atoms with E-state index in [1.54, 1.807) is 23.4 Å². The van der Waals surface area contributed by atoms with Gasteiger partial charge in [-0.05, 0) is 0 Å². The Balaban J connectivity index is 2.36. The van der Waals surface area contributed by atoms with E-state index in [4.69, 9.17) is 5.84 Å². The molecule has 6 nitrogen and oxygen atoms in total. The molecule has 2 aromatic heterocycles. The lowest BCUT2D eigenvalue weighted by atomic mass is 10.1. The van der Waals surface area contributed by atoms with Gasteiger partial charge < -0.3 is 4.57 Å². The Bertz CT molecular complexity index is 443. The van der Waals surface area contributed by atoms with Crippen molar-refractivity contribution in [2.24, 2.45) is 19.9 Å². The zero-order valence-electron chi connectivity index (χ0n) is 8.75. The van der Waals surface area contributed by atoms with Gasteiger partial charge in [-0.3, -0.25) is 10.5 Å². The molecule has 2 rings (SSSR count). The number of hydrogen-bond acceptors (Lipinski definition) is 4. The van der Waals surface area contributed by atoms with Crippen LogP contribution in [0.15, 0.2) is 24.9 Å². The van der Waals surface area contributed by atoms with E-state index in [1.807, 2.05) is 24.9 Å². The minimum absolute atomic E-state index is 0.0776. The first-order chi connectivity index (χ1) is 7.22. The summed E-state index contributed by atoms with van der Waals surface area (Å²) in [7, 11) is 3.81. The Morgan fingerprint density at radius 2 is 2.20 bits per heavy atom. The number of nitrogens with one attached hydrogen (secondary N) is 1. The van der Waals surface area contributed by atoms with E-state index in [0.29, 0.717) is 0 Å². The number of imidazole rings is 1. The monoisotopic (exact) mass is 206 g/mol. The number of hydrazine groups is 1. The third-order valence-corrected chi connectivity index (χ3v) is 2.37. The van der Waals surface area contributed by atoms with Crippen molar-refractivity contribution in [1.29, 1.82) is 0 Å². The summed E-state index contributed by atoms with van der Waals surface area (Å²) in [5.41, 5.74) is 4.78. The van der Waals surface area contributed by atoms with E-state index in [2.05, 4.69) is 15.5 Å². The second-order valence-corrected chi connectivity index (χ2v) is 3.48. The van der Waals surface area contributed by atoms with Crippen molar-refractivity contribution in [3.63, 3.8) is 0 Å². The van der Waals surface area contributed by atoms with Crippen LogP contribution in [-0.4, -0.2) is 19.3 Å². The fourth-order valence-electron chi connectivity index (χ4n) is 1.59. The van der Waals surface area contributed by atoms with Crippen molar-refractivity contribution < 1.29 is 0 Å². The smallest absolute Gasteiger partial charge is 0.0946 e. The van der Waals surface area contributed by atoms with Gasteiger partial charge >= 0.3 is 0 Å². The molecular formula is C9H14N6. The highest BCUT2D eigenvalue weighted by molar-refractivity contribution is 5.22. The lowest BCUT2D eigenvalue weighted by Gasteiger charge is -2.14. The van der Waals surface area contributed by atoms with Crippen molar-refractivity contribution in [3.8, 4) is 0 Å². The van der Waals surface area contributed by atoms with Crippen LogP contribution in [0.1, 0.15) is 17.3 Å². The molecule has 2 aromatic rings. The minimum Gasteiger partial charge on any atom is -0.336 e. The number of nitrogens with two attached hydrogens (primary N) is 1. The number of nitrogens with zero attached hydrogens (tertiary/aromatic N) is 4. The SMILES string of the molecule is Cn1cc(C(NN)c2cncn2C)cn1. The third kappa shape index (κ3) is 1.77. The molecule has 1 unspecified atom stereocenters. The fourth-order valence-corrected chi connectivity index (χ4v) is 1.59. The molecule has 0 spiro atoms. The minimum atomic E-state index is -0.0776. The lowest BCUT2D eigenvalue weighted by molar-refractivity contribution is 0.596. The summed E-state index contributed by atoms with van der Waals surface area (Å²) in [4.78, 5) is 4.06. The molecule has 0 amide bonds. The number of hydrogen-bond donors (Lipinski definition) is 2. The Kier molecular flexibility index (Phi) is 2.53. The van der Waals surface area contributed by atoms with Crippen LogP contribution in [0.4, 0.5) is 0 Å². The summed E-state index contributed by atoms with van der Waals surface area (Å²) < 4.78 is 3.67. The topological polar surface area (TPSA) is 73.7 Å². The largest absolute Gasteiger partial charge is 0.336 e. The van der Waals surface area contributed by atoms with E-state index < -0.39 is 0 Å². The summed E-state index contributed by atoms with van der Waals surface area (Å²) in [6, 6.07) is -0.0776. The summed E-state index contributed by atoms with van der Waals surface area (Å²) in [5.74, 6) is 5.55. The first-order valence-corrected chi connectivity index (χ1v) is 4.63. The molecule has 0 aromatic carbocycles. The summed E-state index contributed by atoms with van der Waals surface area (Å²) in [6.07, 6.45) is 7.25. The third-order valence-electron chi connectivity index (χ3n) is 2.37. The highest BCUT2D eigenvalue weighted by atomic mass is 15.3. The van der Waals surface area contributed by atoms with E-state index in [9.17, 15) is 0 Å². The van der Waals surface area contributed by atoms with E-state index in [1.165, 1.54) is 0 Å². The Labute approximate surface area is 87.7 Å². The normalized spacial score (nSPS) is 13.0. The van der Waals surface area contributed by atoms with Gasteiger partial charge in [0.05, 0.1) is 30.5 Å². The highest BCUT2D eigenvalue weighted by Gasteiger charge is 2.16. The molecule has 80 valence electrons. The van der Waals surface area contributed by atoms with Gasteiger partial charge in [0.15, 0.2) is 0 Å². The van der Waals surface area contributed by atoms with Crippen molar-refractivity contribution in [2.75, 3.05) is 0 Å². The zero-order chi connectivity index (χ0) is 10.8. The van der Waals surface area contributed by atoms with Gasteiger partial charge in [0.2, 0.25) is 0 Å². The molecule has 15 heavy (non-hydrogen) atoms. The molecule has 0 radical (unpaired) electrons. The summed E-state index contributed by atoms with van der Waals surface area (Å²) in [6.45, 7) is 0. The van der Waals surface area contributed by atoms with Gasteiger partial charge in [0.25, 0.3) is 0 Å². The number of aryl methyl sites for hydroxylation is 2. The van der Waals surface area contributed by atoms with Crippen LogP contribution in [0.5, 0.6) is 0 Å². The molecule has 0 aliphatic heterocycles. The van der Waals surface area contributed by atoms with Crippen molar-refractivity contribution >= 4 is 0 Å². The van der Waals surface area contributed by atoms with Gasteiger partial charge in [-0.2, -0.15) is 5.10 Å². The van der Waals surface area contributed by atoms with Crippen LogP contribution in [0.25, 0.3) is 0 Å². The average molecular weight is 206 g/mol. The van der Waals surface area contributed by atoms with Crippen LogP contribution in [0.3, 0.4) is 0 Å². The molecule has 6 heteroatoms.